The van der Waals surface area contributed by atoms with Crippen LogP contribution in [0.25, 0.3) is 0 Å². The van der Waals surface area contributed by atoms with Gasteiger partial charge in [-0.2, -0.15) is 0 Å². The molecule has 0 bridgehead atoms. The summed E-state index contributed by atoms with van der Waals surface area (Å²) in [4.78, 5) is 12.5. The predicted octanol–water partition coefficient (Wildman–Crippen LogP) is 4.15. The summed E-state index contributed by atoms with van der Waals surface area (Å²) in [5, 5.41) is 2.95. The van der Waals surface area contributed by atoms with Crippen LogP contribution in [0.2, 0.25) is 0 Å². The Morgan fingerprint density at radius 1 is 1.50 bits per heavy atom. The number of aryl methyl sites for hydroxylation is 1. The lowest BCUT2D eigenvalue weighted by Crippen LogP contribution is -2.23. The van der Waals surface area contributed by atoms with Crippen LogP contribution < -0.4 is 5.32 Å². The zero-order chi connectivity index (χ0) is 12.0. The van der Waals surface area contributed by atoms with Crippen LogP contribution in [0.3, 0.4) is 0 Å². The quantitative estimate of drug-likeness (QED) is 0.422. The lowest BCUT2D eigenvalue weighted by Gasteiger charge is -2.02. The predicted molar refractivity (Wildman–Crippen MR) is 81.8 cm³/mol. The van der Waals surface area contributed by atoms with Gasteiger partial charge < -0.3 is 5.32 Å². The molecule has 1 rings (SSSR count). The number of hydrogen-bond acceptors (Lipinski definition) is 2. The number of carbonyl (C=O) groups excluding carboxylic acids is 1. The van der Waals surface area contributed by atoms with Crippen molar-refractivity contribution in [3.05, 3.63) is 20.3 Å². The van der Waals surface area contributed by atoms with E-state index in [9.17, 15) is 4.79 Å². The molecule has 16 heavy (non-hydrogen) atoms. The van der Waals surface area contributed by atoms with E-state index < -0.39 is 0 Å². The fraction of sp³-hybridized carbons (Fsp3) is 0.545. The summed E-state index contributed by atoms with van der Waals surface area (Å²) in [6.45, 7) is 2.78. The number of nitrogens with one attached hydrogen (secondary N) is 1. The van der Waals surface area contributed by atoms with Gasteiger partial charge in [0.25, 0.3) is 5.91 Å². The normalized spacial score (nSPS) is 10.4. The van der Waals surface area contributed by atoms with Gasteiger partial charge in [0.15, 0.2) is 0 Å². The first-order chi connectivity index (χ1) is 7.65. The van der Waals surface area contributed by atoms with Crippen molar-refractivity contribution in [2.75, 3.05) is 11.0 Å². The Kier molecular flexibility index (Phi) is 6.91. The minimum atomic E-state index is 0.0493. The molecule has 1 heterocycles. The third-order valence-corrected chi connectivity index (χ3v) is 5.08. The lowest BCUT2D eigenvalue weighted by molar-refractivity contribution is 0.0957. The van der Waals surface area contributed by atoms with Gasteiger partial charge in [-0.25, -0.2) is 0 Å². The van der Waals surface area contributed by atoms with Gasteiger partial charge in [-0.05, 0) is 51.8 Å². The number of thiophene rings is 1. The summed E-state index contributed by atoms with van der Waals surface area (Å²) in [6.07, 6.45) is 3.50. The van der Waals surface area contributed by atoms with E-state index >= 15 is 0 Å². The van der Waals surface area contributed by atoms with Crippen molar-refractivity contribution in [3.8, 4) is 0 Å². The molecule has 0 atom stereocenters. The molecule has 0 aliphatic rings. The Bertz CT molecular complexity index is 334. The van der Waals surface area contributed by atoms with Crippen LogP contribution in [-0.4, -0.2) is 16.9 Å². The molecule has 0 aromatic carbocycles. The smallest absolute Gasteiger partial charge is 0.261 e. The molecular weight excluding hydrogens is 401 g/mol. The molecule has 5 heteroatoms. The van der Waals surface area contributed by atoms with Crippen molar-refractivity contribution in [2.45, 2.75) is 26.2 Å². The van der Waals surface area contributed by atoms with Crippen LogP contribution in [0.15, 0.2) is 9.85 Å². The zero-order valence-corrected chi connectivity index (χ0v) is 13.7. The number of halogens is 2. The van der Waals surface area contributed by atoms with E-state index in [1.165, 1.54) is 28.6 Å². The summed E-state index contributed by atoms with van der Waals surface area (Å²) in [6, 6.07) is 1.93. The molecule has 0 aliphatic heterocycles. The monoisotopic (exact) mass is 415 g/mol. The molecule has 0 spiro atoms. The van der Waals surface area contributed by atoms with Crippen molar-refractivity contribution in [3.63, 3.8) is 0 Å². The van der Waals surface area contributed by atoms with Crippen LogP contribution in [-0.2, 0) is 0 Å². The van der Waals surface area contributed by atoms with Crippen LogP contribution >= 0.6 is 49.9 Å². The van der Waals surface area contributed by atoms with Gasteiger partial charge in [-0.3, -0.25) is 4.79 Å². The average Bonchev–Trinajstić information content (AvgIpc) is 2.59. The van der Waals surface area contributed by atoms with Crippen LogP contribution in [0, 0.1) is 6.92 Å². The van der Waals surface area contributed by atoms with Gasteiger partial charge in [0, 0.05) is 6.54 Å². The SMILES string of the molecule is Cc1cc(C(=O)NCCCCCI)sc1Br. The van der Waals surface area contributed by atoms with Crippen molar-refractivity contribution >= 4 is 55.8 Å². The van der Waals surface area contributed by atoms with E-state index in [4.69, 9.17) is 0 Å². The second kappa shape index (κ2) is 7.66. The van der Waals surface area contributed by atoms with E-state index in [0.717, 1.165) is 27.2 Å². The first-order valence-electron chi connectivity index (χ1n) is 5.25. The highest BCUT2D eigenvalue weighted by Gasteiger charge is 2.09. The van der Waals surface area contributed by atoms with Gasteiger partial charge in [-0.1, -0.05) is 29.0 Å². The summed E-state index contributed by atoms with van der Waals surface area (Å²) >= 11 is 7.30. The van der Waals surface area contributed by atoms with Gasteiger partial charge in [0.1, 0.15) is 0 Å². The average molecular weight is 416 g/mol. The maximum Gasteiger partial charge on any atom is 0.261 e. The Labute approximate surface area is 122 Å². The van der Waals surface area contributed by atoms with Crippen molar-refractivity contribution < 1.29 is 4.79 Å². The second-order valence-corrected chi connectivity index (χ2v) is 7.02. The largest absolute Gasteiger partial charge is 0.351 e. The maximum absolute atomic E-state index is 11.7. The minimum absolute atomic E-state index is 0.0493. The molecule has 1 amide bonds. The van der Waals surface area contributed by atoms with Crippen LogP contribution in [0.1, 0.15) is 34.5 Å². The Morgan fingerprint density at radius 3 is 2.81 bits per heavy atom. The van der Waals surface area contributed by atoms with Crippen molar-refractivity contribution in [2.24, 2.45) is 0 Å². The zero-order valence-electron chi connectivity index (χ0n) is 9.19. The molecule has 0 saturated heterocycles. The first-order valence-corrected chi connectivity index (χ1v) is 8.38. The molecule has 0 fully saturated rings. The minimum Gasteiger partial charge on any atom is -0.351 e. The first kappa shape index (κ1) is 14.4. The number of unbranched alkanes of at least 4 members (excludes halogenated alkanes) is 2. The maximum atomic E-state index is 11.7. The molecule has 0 saturated carbocycles. The topological polar surface area (TPSA) is 29.1 Å². The van der Waals surface area contributed by atoms with Crippen molar-refractivity contribution in [1.82, 2.24) is 5.32 Å². The number of rotatable bonds is 6. The third kappa shape index (κ3) is 4.71. The number of amides is 1. The summed E-state index contributed by atoms with van der Waals surface area (Å²) in [5.74, 6) is 0.0493. The number of carbonyl (C=O) groups is 1. The van der Waals surface area contributed by atoms with Gasteiger partial charge in [0.2, 0.25) is 0 Å². The Morgan fingerprint density at radius 2 is 2.25 bits per heavy atom. The van der Waals surface area contributed by atoms with E-state index in [1.807, 2.05) is 13.0 Å². The van der Waals surface area contributed by atoms with E-state index in [1.54, 1.807) is 0 Å². The Hall–Kier alpha value is 0.380. The molecule has 0 unspecified atom stereocenters. The summed E-state index contributed by atoms with van der Waals surface area (Å²) in [5.41, 5.74) is 1.13. The molecule has 2 nitrogen and oxygen atoms in total. The van der Waals surface area contributed by atoms with Crippen LogP contribution in [0.4, 0.5) is 0 Å². The summed E-state index contributed by atoms with van der Waals surface area (Å²) in [7, 11) is 0. The van der Waals surface area contributed by atoms with E-state index in [2.05, 4.69) is 43.8 Å². The van der Waals surface area contributed by atoms with Crippen molar-refractivity contribution in [1.29, 1.82) is 0 Å². The molecule has 1 N–H and O–H groups in total. The highest BCUT2D eigenvalue weighted by molar-refractivity contribution is 14.1. The standard InChI is InChI=1S/C11H15BrINOS/c1-8-7-9(16-10(8)12)11(15)14-6-4-2-3-5-13/h7H,2-6H2,1H3,(H,14,15). The van der Waals surface area contributed by atoms with Gasteiger partial charge >= 0.3 is 0 Å². The summed E-state index contributed by atoms with van der Waals surface area (Å²) < 4.78 is 2.24. The van der Waals surface area contributed by atoms with E-state index in [-0.39, 0.29) is 5.91 Å². The van der Waals surface area contributed by atoms with E-state index in [0.29, 0.717) is 0 Å². The highest BCUT2D eigenvalue weighted by Crippen LogP contribution is 2.27. The molecule has 1 aromatic rings. The molecule has 0 aliphatic carbocycles. The lowest BCUT2D eigenvalue weighted by atomic mass is 10.2. The molecule has 0 radical (unpaired) electrons. The molecular formula is C11H15BrINOS. The number of hydrogen-bond donors (Lipinski definition) is 1. The van der Waals surface area contributed by atoms with Gasteiger partial charge in [-0.15, -0.1) is 11.3 Å². The molecule has 90 valence electrons. The third-order valence-electron chi connectivity index (χ3n) is 2.18. The Balaban J connectivity index is 2.30. The molecule has 1 aromatic heterocycles. The highest BCUT2D eigenvalue weighted by atomic mass is 127. The number of alkyl halides is 1. The van der Waals surface area contributed by atoms with Gasteiger partial charge in [0.05, 0.1) is 8.66 Å². The van der Waals surface area contributed by atoms with Crippen LogP contribution in [0.5, 0.6) is 0 Å². The second-order valence-electron chi connectivity index (χ2n) is 3.57. The fourth-order valence-corrected chi connectivity index (χ4v) is 3.25. The fourth-order valence-electron chi connectivity index (χ4n) is 1.26.